The number of nitrogens with zero attached hydrogens (tertiary/aromatic N) is 1. The van der Waals surface area contributed by atoms with Crippen molar-refractivity contribution in [2.45, 2.75) is 31.8 Å². The van der Waals surface area contributed by atoms with Gasteiger partial charge in [-0.05, 0) is 43.9 Å². The fourth-order valence-corrected chi connectivity index (χ4v) is 2.50. The maximum Gasteiger partial charge on any atom is 0.221 e. The van der Waals surface area contributed by atoms with E-state index in [4.69, 9.17) is 4.74 Å². The molecule has 1 heterocycles. The minimum absolute atomic E-state index is 0.141. The van der Waals surface area contributed by atoms with Crippen molar-refractivity contribution < 1.29 is 13.5 Å². The van der Waals surface area contributed by atoms with Crippen molar-refractivity contribution in [3.05, 3.63) is 48.2 Å². The van der Waals surface area contributed by atoms with Crippen molar-refractivity contribution in [2.24, 2.45) is 0 Å². The first-order chi connectivity index (χ1) is 9.72. The highest BCUT2D eigenvalue weighted by Gasteiger charge is 2.19. The Kier molecular flexibility index (Phi) is 3.63. The van der Waals surface area contributed by atoms with Crippen LogP contribution < -0.4 is 4.74 Å². The molecule has 4 heteroatoms. The molecule has 2 aromatic rings. The van der Waals surface area contributed by atoms with Gasteiger partial charge in [0, 0.05) is 29.5 Å². The van der Waals surface area contributed by atoms with E-state index in [1.54, 1.807) is 18.3 Å². The Morgan fingerprint density at radius 1 is 1.20 bits per heavy atom. The molecule has 1 aliphatic carbocycles. The summed E-state index contributed by atoms with van der Waals surface area (Å²) in [5.74, 6) is -0.941. The number of hydrogen-bond donors (Lipinski definition) is 0. The number of rotatable bonds is 3. The zero-order valence-electron chi connectivity index (χ0n) is 10.9. The van der Waals surface area contributed by atoms with Gasteiger partial charge in [-0.1, -0.05) is 0 Å². The lowest BCUT2D eigenvalue weighted by Crippen LogP contribution is -2.12. The summed E-state index contributed by atoms with van der Waals surface area (Å²) in [5, 5.41) is 0. The highest BCUT2D eigenvalue weighted by Crippen LogP contribution is 2.31. The molecule has 0 bridgehead atoms. The molecule has 3 rings (SSSR count). The van der Waals surface area contributed by atoms with Crippen molar-refractivity contribution in [1.82, 2.24) is 4.98 Å². The van der Waals surface area contributed by atoms with E-state index >= 15 is 0 Å². The summed E-state index contributed by atoms with van der Waals surface area (Å²) in [4.78, 5) is 4.19. The first-order valence-corrected chi connectivity index (χ1v) is 6.73. The molecule has 0 spiro atoms. The Balaban J connectivity index is 1.95. The predicted octanol–water partition coefficient (Wildman–Crippen LogP) is 4.15. The average molecular weight is 274 g/mol. The number of pyridine rings is 1. The van der Waals surface area contributed by atoms with Crippen LogP contribution in [0.1, 0.15) is 25.7 Å². The topological polar surface area (TPSA) is 22.1 Å². The number of ether oxygens (including phenoxy) is 1. The molecule has 1 fully saturated rings. The summed E-state index contributed by atoms with van der Waals surface area (Å²) in [5.41, 5.74) is 0.890. The fraction of sp³-hybridized carbons (Fsp3) is 0.312. The lowest BCUT2D eigenvalue weighted by Gasteiger charge is -2.15. The van der Waals surface area contributed by atoms with Crippen molar-refractivity contribution in [3.63, 3.8) is 0 Å². The van der Waals surface area contributed by atoms with Crippen molar-refractivity contribution in [3.8, 4) is 17.0 Å². The van der Waals surface area contributed by atoms with Crippen LogP contribution in [0.3, 0.4) is 0 Å². The maximum absolute atomic E-state index is 13.3. The molecule has 1 radical (unpaired) electrons. The van der Waals surface area contributed by atoms with E-state index in [1.807, 2.05) is 0 Å². The van der Waals surface area contributed by atoms with Crippen molar-refractivity contribution in [2.75, 3.05) is 0 Å². The van der Waals surface area contributed by atoms with Gasteiger partial charge in [0.15, 0.2) is 0 Å². The van der Waals surface area contributed by atoms with Crippen LogP contribution in [0.25, 0.3) is 11.1 Å². The molecule has 20 heavy (non-hydrogen) atoms. The van der Waals surface area contributed by atoms with Gasteiger partial charge >= 0.3 is 0 Å². The zero-order valence-corrected chi connectivity index (χ0v) is 10.9. The van der Waals surface area contributed by atoms with Crippen LogP contribution in [0.2, 0.25) is 0 Å². The summed E-state index contributed by atoms with van der Waals surface area (Å²) in [7, 11) is 0. The van der Waals surface area contributed by atoms with Crippen LogP contribution in [-0.2, 0) is 0 Å². The molecule has 1 aromatic heterocycles. The van der Waals surface area contributed by atoms with Gasteiger partial charge in [0.2, 0.25) is 5.88 Å². The first-order valence-electron chi connectivity index (χ1n) is 6.73. The van der Waals surface area contributed by atoms with Gasteiger partial charge < -0.3 is 4.74 Å². The summed E-state index contributed by atoms with van der Waals surface area (Å²) in [6.45, 7) is 0. The van der Waals surface area contributed by atoms with Crippen LogP contribution in [0.15, 0.2) is 30.5 Å². The number of benzene rings is 1. The van der Waals surface area contributed by atoms with E-state index in [0.717, 1.165) is 31.7 Å². The second-order valence-corrected chi connectivity index (χ2v) is 4.94. The van der Waals surface area contributed by atoms with Gasteiger partial charge in [-0.3, -0.25) is 0 Å². The van der Waals surface area contributed by atoms with Gasteiger partial charge in [-0.15, -0.1) is 0 Å². The normalized spacial score (nSPS) is 15.5. The van der Waals surface area contributed by atoms with Gasteiger partial charge in [-0.2, -0.15) is 0 Å². The highest BCUT2D eigenvalue weighted by molar-refractivity contribution is 5.67. The molecule has 103 valence electrons. The van der Waals surface area contributed by atoms with Crippen LogP contribution in [0, 0.1) is 17.7 Å². The Morgan fingerprint density at radius 2 is 2.00 bits per heavy atom. The third kappa shape index (κ3) is 2.79. The molecule has 0 saturated heterocycles. The van der Waals surface area contributed by atoms with E-state index in [0.29, 0.717) is 17.0 Å². The Hall–Kier alpha value is -1.97. The van der Waals surface area contributed by atoms with Gasteiger partial charge in [0.05, 0.1) is 0 Å². The molecule has 0 aliphatic heterocycles. The fourth-order valence-electron chi connectivity index (χ4n) is 2.50. The molecule has 2 nitrogen and oxygen atoms in total. The standard InChI is InChI=1S/C16H14F2NO/c17-12-8-11(9-13(18)10-12)15-6-3-7-19-16(15)20-14-4-1-2-5-14/h3,6-8,10,14H,1-2,4-5H2. The molecule has 0 unspecified atom stereocenters. The SMILES string of the molecule is Fc1[c]c(-c2cccnc2OC2CCCC2)cc(F)c1. The van der Waals surface area contributed by atoms with Crippen molar-refractivity contribution in [1.29, 1.82) is 0 Å². The zero-order chi connectivity index (χ0) is 13.9. The van der Waals surface area contributed by atoms with E-state index < -0.39 is 11.6 Å². The average Bonchev–Trinajstić information content (AvgIpc) is 2.91. The Labute approximate surface area is 116 Å². The Morgan fingerprint density at radius 3 is 2.75 bits per heavy atom. The van der Waals surface area contributed by atoms with E-state index in [1.165, 1.54) is 6.07 Å². The summed E-state index contributed by atoms with van der Waals surface area (Å²) in [6.07, 6.45) is 6.04. The monoisotopic (exact) mass is 274 g/mol. The molecule has 0 N–H and O–H groups in total. The predicted molar refractivity (Wildman–Crippen MR) is 71.3 cm³/mol. The summed E-state index contributed by atoms with van der Waals surface area (Å²) >= 11 is 0. The molecule has 1 aliphatic rings. The third-order valence-corrected chi connectivity index (χ3v) is 3.44. The van der Waals surface area contributed by atoms with E-state index in [-0.39, 0.29) is 6.10 Å². The second kappa shape index (κ2) is 5.57. The molecule has 0 atom stereocenters. The summed E-state index contributed by atoms with van der Waals surface area (Å²) < 4.78 is 32.5. The lowest BCUT2D eigenvalue weighted by atomic mass is 10.1. The highest BCUT2D eigenvalue weighted by atomic mass is 19.1. The Bertz CT molecular complexity index is 589. The number of hydrogen-bond acceptors (Lipinski definition) is 2. The maximum atomic E-state index is 13.3. The van der Waals surface area contributed by atoms with E-state index in [9.17, 15) is 8.78 Å². The number of halogens is 2. The minimum Gasteiger partial charge on any atom is -0.474 e. The van der Waals surface area contributed by atoms with Gasteiger partial charge in [0.1, 0.15) is 17.7 Å². The molecule has 1 aromatic carbocycles. The first kappa shape index (κ1) is 13.0. The molecule has 1 saturated carbocycles. The second-order valence-electron chi connectivity index (χ2n) is 4.94. The smallest absolute Gasteiger partial charge is 0.221 e. The van der Waals surface area contributed by atoms with Crippen LogP contribution >= 0.6 is 0 Å². The minimum atomic E-state index is -0.726. The largest absolute Gasteiger partial charge is 0.474 e. The lowest BCUT2D eigenvalue weighted by molar-refractivity contribution is 0.202. The quantitative estimate of drug-likeness (QED) is 0.839. The molecular weight excluding hydrogens is 260 g/mol. The summed E-state index contributed by atoms with van der Waals surface area (Å²) in [6, 6.07) is 8.00. The van der Waals surface area contributed by atoms with Crippen LogP contribution in [-0.4, -0.2) is 11.1 Å². The van der Waals surface area contributed by atoms with Crippen LogP contribution in [0.5, 0.6) is 5.88 Å². The van der Waals surface area contributed by atoms with Crippen molar-refractivity contribution >= 4 is 0 Å². The molecular formula is C16H14F2NO. The van der Waals surface area contributed by atoms with Gasteiger partial charge in [0.25, 0.3) is 0 Å². The van der Waals surface area contributed by atoms with Gasteiger partial charge in [-0.25, -0.2) is 13.8 Å². The van der Waals surface area contributed by atoms with E-state index in [2.05, 4.69) is 11.1 Å². The molecule has 0 amide bonds. The number of aromatic nitrogens is 1. The third-order valence-electron chi connectivity index (χ3n) is 3.44. The van der Waals surface area contributed by atoms with Crippen LogP contribution in [0.4, 0.5) is 8.78 Å².